The number of aromatic hydroxyl groups is 1. The zero-order chi connectivity index (χ0) is 18.0. The molecule has 1 atom stereocenters. The Balaban J connectivity index is 1.45. The van der Waals surface area contributed by atoms with Gasteiger partial charge in [-0.15, -0.1) is 0 Å². The number of rotatable bonds is 3. The molecule has 0 bridgehead atoms. The van der Waals surface area contributed by atoms with Gasteiger partial charge in [-0.05, 0) is 82.6 Å². The molecule has 1 aromatic carbocycles. The molecule has 0 aliphatic heterocycles. The van der Waals surface area contributed by atoms with Crippen molar-refractivity contribution in [3.63, 3.8) is 0 Å². The number of carbonyl (C=O) groups is 1. The molecule has 5 nitrogen and oxygen atoms in total. The van der Waals surface area contributed by atoms with E-state index in [0.717, 1.165) is 38.5 Å². The fraction of sp³-hybridized carbons (Fsp3) is 0.650. The zero-order valence-corrected chi connectivity index (χ0v) is 15.5. The average Bonchev–Trinajstić information content (AvgIpc) is 2.89. The number of amides is 1. The second-order valence-corrected chi connectivity index (χ2v) is 8.34. The molecule has 2 aliphatic carbocycles. The maximum absolute atomic E-state index is 11.9. The summed E-state index contributed by atoms with van der Waals surface area (Å²) in [7, 11) is 0. The van der Waals surface area contributed by atoms with Crippen LogP contribution in [0.5, 0.6) is 5.75 Å². The van der Waals surface area contributed by atoms with Crippen LogP contribution < -0.4 is 10.6 Å². The number of hydrogen-bond donors (Lipinski definition) is 3. The van der Waals surface area contributed by atoms with Gasteiger partial charge >= 0.3 is 6.09 Å². The van der Waals surface area contributed by atoms with Crippen molar-refractivity contribution in [3.05, 3.63) is 29.3 Å². The Labute approximate surface area is 150 Å². The SMILES string of the molecule is CC(C)(C)OC(=O)NC1CCC(NC2CCc3cc(O)ccc32)CC1. The van der Waals surface area contributed by atoms with Crippen LogP contribution in [0.15, 0.2) is 18.2 Å². The van der Waals surface area contributed by atoms with Crippen molar-refractivity contribution in [1.82, 2.24) is 10.6 Å². The summed E-state index contributed by atoms with van der Waals surface area (Å²) in [6.45, 7) is 5.64. The number of phenols is 1. The number of nitrogens with one attached hydrogen (secondary N) is 2. The van der Waals surface area contributed by atoms with Crippen molar-refractivity contribution in [2.75, 3.05) is 0 Å². The molecule has 1 saturated carbocycles. The third kappa shape index (κ3) is 4.88. The molecule has 3 rings (SSSR count). The first kappa shape index (κ1) is 18.1. The minimum Gasteiger partial charge on any atom is -0.508 e. The van der Waals surface area contributed by atoms with Crippen LogP contribution in [0.4, 0.5) is 4.79 Å². The van der Waals surface area contributed by atoms with Gasteiger partial charge in [0.25, 0.3) is 0 Å². The van der Waals surface area contributed by atoms with E-state index in [1.807, 2.05) is 32.9 Å². The maximum atomic E-state index is 11.9. The summed E-state index contributed by atoms with van der Waals surface area (Å²) in [5, 5.41) is 16.4. The van der Waals surface area contributed by atoms with Crippen LogP contribution in [-0.4, -0.2) is 28.9 Å². The zero-order valence-electron chi connectivity index (χ0n) is 15.5. The molecule has 1 aromatic rings. The minimum absolute atomic E-state index is 0.209. The number of alkyl carbamates (subject to hydrolysis) is 1. The van der Waals surface area contributed by atoms with E-state index in [1.165, 1.54) is 11.1 Å². The summed E-state index contributed by atoms with van der Waals surface area (Å²) < 4.78 is 5.34. The van der Waals surface area contributed by atoms with E-state index < -0.39 is 5.60 Å². The topological polar surface area (TPSA) is 70.6 Å². The van der Waals surface area contributed by atoms with Gasteiger partial charge in [-0.2, -0.15) is 0 Å². The van der Waals surface area contributed by atoms with E-state index in [2.05, 4.69) is 10.6 Å². The van der Waals surface area contributed by atoms with Crippen LogP contribution in [0, 0.1) is 0 Å². The van der Waals surface area contributed by atoms with Gasteiger partial charge in [0, 0.05) is 18.1 Å². The van der Waals surface area contributed by atoms with E-state index in [0.29, 0.717) is 17.8 Å². The lowest BCUT2D eigenvalue weighted by atomic mass is 9.90. The maximum Gasteiger partial charge on any atom is 0.407 e. The van der Waals surface area contributed by atoms with Crippen molar-refractivity contribution < 1.29 is 14.6 Å². The fourth-order valence-electron chi connectivity index (χ4n) is 3.94. The first-order valence-corrected chi connectivity index (χ1v) is 9.37. The number of carbonyl (C=O) groups excluding carboxylic acids is 1. The van der Waals surface area contributed by atoms with Crippen LogP contribution >= 0.6 is 0 Å². The van der Waals surface area contributed by atoms with Crippen LogP contribution in [-0.2, 0) is 11.2 Å². The van der Waals surface area contributed by atoms with E-state index in [1.54, 1.807) is 6.07 Å². The number of aryl methyl sites for hydroxylation is 1. The van der Waals surface area contributed by atoms with E-state index in [4.69, 9.17) is 4.74 Å². The second-order valence-electron chi connectivity index (χ2n) is 8.34. The Hall–Kier alpha value is -1.75. The predicted molar refractivity (Wildman–Crippen MR) is 97.7 cm³/mol. The van der Waals surface area contributed by atoms with E-state index in [9.17, 15) is 9.90 Å². The summed E-state index contributed by atoms with van der Waals surface area (Å²) >= 11 is 0. The Morgan fingerprint density at radius 1 is 1.12 bits per heavy atom. The summed E-state index contributed by atoms with van der Waals surface area (Å²) in [4.78, 5) is 11.9. The molecular weight excluding hydrogens is 316 g/mol. The molecule has 0 radical (unpaired) electrons. The summed E-state index contributed by atoms with van der Waals surface area (Å²) in [5.41, 5.74) is 2.14. The average molecular weight is 346 g/mol. The molecule has 1 amide bonds. The summed E-state index contributed by atoms with van der Waals surface area (Å²) in [6, 6.07) is 6.79. The predicted octanol–water partition coefficient (Wildman–Crippen LogP) is 3.81. The molecule has 2 aliphatic rings. The Kier molecular flexibility index (Phi) is 5.23. The van der Waals surface area contributed by atoms with Crippen molar-refractivity contribution in [2.45, 2.75) is 83.0 Å². The molecule has 3 N–H and O–H groups in total. The van der Waals surface area contributed by atoms with Crippen LogP contribution in [0.25, 0.3) is 0 Å². The van der Waals surface area contributed by atoms with Crippen molar-refractivity contribution in [1.29, 1.82) is 0 Å². The molecule has 0 spiro atoms. The number of ether oxygens (including phenoxy) is 1. The Morgan fingerprint density at radius 2 is 1.80 bits per heavy atom. The molecular formula is C20H30N2O3. The fourth-order valence-corrected chi connectivity index (χ4v) is 3.94. The molecule has 1 fully saturated rings. The molecule has 0 heterocycles. The van der Waals surface area contributed by atoms with Crippen molar-refractivity contribution in [2.24, 2.45) is 0 Å². The largest absolute Gasteiger partial charge is 0.508 e. The lowest BCUT2D eigenvalue weighted by molar-refractivity contribution is 0.0489. The Bertz CT molecular complexity index is 616. The van der Waals surface area contributed by atoms with Gasteiger partial charge in [-0.1, -0.05) is 6.07 Å². The lowest BCUT2D eigenvalue weighted by Gasteiger charge is -2.32. The minimum atomic E-state index is -0.451. The third-order valence-electron chi connectivity index (χ3n) is 5.09. The smallest absolute Gasteiger partial charge is 0.407 e. The number of hydrogen-bond acceptors (Lipinski definition) is 4. The normalized spacial score (nSPS) is 26.1. The van der Waals surface area contributed by atoms with Gasteiger partial charge < -0.3 is 20.5 Å². The molecule has 0 aromatic heterocycles. The highest BCUT2D eigenvalue weighted by Crippen LogP contribution is 2.34. The van der Waals surface area contributed by atoms with Crippen molar-refractivity contribution >= 4 is 6.09 Å². The van der Waals surface area contributed by atoms with Gasteiger partial charge in [0.1, 0.15) is 11.4 Å². The lowest BCUT2D eigenvalue weighted by Crippen LogP contribution is -2.44. The highest BCUT2D eigenvalue weighted by Gasteiger charge is 2.29. The summed E-state index contributed by atoms with van der Waals surface area (Å²) in [5.74, 6) is 0.355. The monoisotopic (exact) mass is 346 g/mol. The van der Waals surface area contributed by atoms with Gasteiger partial charge in [-0.25, -0.2) is 4.79 Å². The standard InChI is InChI=1S/C20H30N2O3/c1-20(2,3)25-19(24)22-15-7-5-14(6-8-15)21-18-11-4-13-12-16(23)9-10-17(13)18/h9-10,12,14-15,18,21,23H,4-8,11H2,1-3H3,(H,22,24). The molecule has 1 unspecified atom stereocenters. The summed E-state index contributed by atoms with van der Waals surface area (Å²) in [6.07, 6.45) is 5.88. The van der Waals surface area contributed by atoms with Gasteiger partial charge in [0.15, 0.2) is 0 Å². The van der Waals surface area contributed by atoms with E-state index >= 15 is 0 Å². The van der Waals surface area contributed by atoms with Crippen LogP contribution in [0.1, 0.15) is 70.0 Å². The van der Waals surface area contributed by atoms with Gasteiger partial charge in [-0.3, -0.25) is 0 Å². The first-order valence-electron chi connectivity index (χ1n) is 9.37. The van der Waals surface area contributed by atoms with Gasteiger partial charge in [0.05, 0.1) is 0 Å². The van der Waals surface area contributed by atoms with E-state index in [-0.39, 0.29) is 12.1 Å². The number of benzene rings is 1. The molecule has 5 heteroatoms. The quantitative estimate of drug-likeness (QED) is 0.778. The second kappa shape index (κ2) is 7.24. The van der Waals surface area contributed by atoms with Crippen LogP contribution in [0.2, 0.25) is 0 Å². The highest BCUT2D eigenvalue weighted by molar-refractivity contribution is 5.68. The number of fused-ring (bicyclic) bond motifs is 1. The van der Waals surface area contributed by atoms with Gasteiger partial charge in [0.2, 0.25) is 0 Å². The van der Waals surface area contributed by atoms with Crippen molar-refractivity contribution in [3.8, 4) is 5.75 Å². The molecule has 138 valence electrons. The molecule has 25 heavy (non-hydrogen) atoms. The Morgan fingerprint density at radius 3 is 2.48 bits per heavy atom. The molecule has 0 saturated heterocycles. The first-order chi connectivity index (χ1) is 11.8. The number of phenolic OH excluding ortho intramolecular Hbond substituents is 1. The third-order valence-corrected chi connectivity index (χ3v) is 5.09. The van der Waals surface area contributed by atoms with Crippen LogP contribution in [0.3, 0.4) is 0 Å². The highest BCUT2D eigenvalue weighted by atomic mass is 16.6.